The van der Waals surface area contributed by atoms with E-state index in [1.54, 1.807) is 0 Å². The number of hydrogen-bond acceptors (Lipinski definition) is 0. The molecule has 0 saturated carbocycles. The van der Waals surface area contributed by atoms with Crippen molar-refractivity contribution in [3.8, 4) is 0 Å². The third kappa shape index (κ3) is 1.67. The van der Waals surface area contributed by atoms with Crippen molar-refractivity contribution in [3.63, 3.8) is 0 Å². The van der Waals surface area contributed by atoms with E-state index in [1.165, 1.54) is 16.3 Å². The first-order chi connectivity index (χ1) is 5.36. The van der Waals surface area contributed by atoms with Crippen molar-refractivity contribution in [2.45, 2.75) is 6.92 Å². The van der Waals surface area contributed by atoms with Gasteiger partial charge >= 0.3 is 0 Å². The molecule has 0 nitrogen and oxygen atoms in total. The van der Waals surface area contributed by atoms with Crippen LogP contribution in [-0.4, -0.2) is 0 Å². The zero-order valence-electron chi connectivity index (χ0n) is 6.95. The highest BCUT2D eigenvalue weighted by Crippen LogP contribution is 2.14. The molecule has 0 aliphatic carbocycles. The molecule has 2 aromatic rings. The van der Waals surface area contributed by atoms with E-state index in [0.717, 1.165) is 0 Å². The summed E-state index contributed by atoms with van der Waals surface area (Å²) >= 11 is 0. The quantitative estimate of drug-likeness (QED) is 0.638. The maximum absolute atomic E-state index is 2.20. The Bertz CT molecular complexity index is 379. The van der Waals surface area contributed by atoms with Gasteiger partial charge in [0.15, 0.2) is 0 Å². The lowest BCUT2D eigenvalue weighted by Gasteiger charge is -1.96. The minimum atomic E-state index is 0. The predicted molar refractivity (Wildman–Crippen MR) is 59.0 cm³/mol. The summed E-state index contributed by atoms with van der Waals surface area (Å²) in [5.74, 6) is 0. The molecule has 0 aliphatic heterocycles. The second-order valence-electron chi connectivity index (χ2n) is 2.85. The van der Waals surface area contributed by atoms with Crippen LogP contribution in [0.15, 0.2) is 42.5 Å². The van der Waals surface area contributed by atoms with Gasteiger partial charge in [-0.05, 0) is 17.7 Å². The Balaban J connectivity index is 0.000000720. The summed E-state index contributed by atoms with van der Waals surface area (Å²) in [6, 6.07) is 14.9. The summed E-state index contributed by atoms with van der Waals surface area (Å²) in [5.41, 5.74) is 1.32. The van der Waals surface area contributed by atoms with Crippen molar-refractivity contribution < 1.29 is 0 Å². The molecule has 2 aromatic carbocycles. The predicted octanol–water partition coefficient (Wildman–Crippen LogP) is 3.73. The molecular formula is C11H11Br. The maximum Gasteiger partial charge on any atom is -0.0181 e. The fraction of sp³-hybridized carbons (Fsp3) is 0.0909. The zero-order valence-corrected chi connectivity index (χ0v) is 8.66. The lowest BCUT2D eigenvalue weighted by Crippen LogP contribution is -1.73. The van der Waals surface area contributed by atoms with E-state index in [1.807, 2.05) is 0 Å². The first-order valence-corrected chi connectivity index (χ1v) is 3.82. The summed E-state index contributed by atoms with van der Waals surface area (Å²) in [4.78, 5) is 0. The van der Waals surface area contributed by atoms with Crippen LogP contribution >= 0.6 is 17.0 Å². The molecule has 0 amide bonds. The Hall–Kier alpha value is -0.820. The van der Waals surface area contributed by atoms with Crippen LogP contribution in [0, 0.1) is 6.92 Å². The van der Waals surface area contributed by atoms with Gasteiger partial charge in [-0.2, -0.15) is 0 Å². The highest BCUT2D eigenvalue weighted by molar-refractivity contribution is 8.93. The first kappa shape index (κ1) is 9.27. The molecule has 0 bridgehead atoms. The van der Waals surface area contributed by atoms with E-state index in [4.69, 9.17) is 0 Å². The van der Waals surface area contributed by atoms with E-state index in [0.29, 0.717) is 0 Å². The van der Waals surface area contributed by atoms with Crippen LogP contribution in [0.4, 0.5) is 0 Å². The molecule has 0 heterocycles. The Morgan fingerprint density at radius 2 is 1.50 bits per heavy atom. The SMILES string of the molecule is Br.Cc1ccc2ccccc2c1. The molecule has 0 unspecified atom stereocenters. The van der Waals surface area contributed by atoms with Gasteiger partial charge < -0.3 is 0 Å². The monoisotopic (exact) mass is 222 g/mol. The Morgan fingerprint density at radius 1 is 0.833 bits per heavy atom. The summed E-state index contributed by atoms with van der Waals surface area (Å²) in [6.45, 7) is 2.12. The Morgan fingerprint density at radius 3 is 2.25 bits per heavy atom. The van der Waals surface area contributed by atoms with Crippen molar-refractivity contribution in [3.05, 3.63) is 48.0 Å². The number of hydrogen-bond donors (Lipinski definition) is 0. The van der Waals surface area contributed by atoms with Gasteiger partial charge in [0.05, 0.1) is 0 Å². The second-order valence-corrected chi connectivity index (χ2v) is 2.85. The molecule has 0 fully saturated rings. The van der Waals surface area contributed by atoms with Crippen LogP contribution in [0.1, 0.15) is 5.56 Å². The standard InChI is InChI=1S/C11H10.BrH/c1-9-6-7-10-4-2-3-5-11(10)8-9;/h2-8H,1H3;1H. The first-order valence-electron chi connectivity index (χ1n) is 3.82. The van der Waals surface area contributed by atoms with E-state index >= 15 is 0 Å². The van der Waals surface area contributed by atoms with Gasteiger partial charge in [-0.15, -0.1) is 17.0 Å². The van der Waals surface area contributed by atoms with Gasteiger partial charge in [-0.25, -0.2) is 0 Å². The van der Waals surface area contributed by atoms with Crippen molar-refractivity contribution in [2.24, 2.45) is 0 Å². The Kier molecular flexibility index (Phi) is 2.88. The lowest BCUT2D eigenvalue weighted by atomic mass is 10.1. The highest BCUT2D eigenvalue weighted by Gasteiger charge is 1.89. The molecule has 1 heteroatoms. The van der Waals surface area contributed by atoms with Gasteiger partial charge in [0.1, 0.15) is 0 Å². The molecule has 0 spiro atoms. The normalized spacial score (nSPS) is 9.42. The minimum absolute atomic E-state index is 0. The molecule has 12 heavy (non-hydrogen) atoms. The van der Waals surface area contributed by atoms with Crippen LogP contribution in [0.5, 0.6) is 0 Å². The highest BCUT2D eigenvalue weighted by atomic mass is 79.9. The van der Waals surface area contributed by atoms with Crippen LogP contribution < -0.4 is 0 Å². The smallest absolute Gasteiger partial charge is 0.0181 e. The van der Waals surface area contributed by atoms with E-state index in [9.17, 15) is 0 Å². The third-order valence-electron chi connectivity index (χ3n) is 1.90. The molecular weight excluding hydrogens is 212 g/mol. The van der Waals surface area contributed by atoms with Crippen LogP contribution in [-0.2, 0) is 0 Å². The molecule has 62 valence electrons. The Labute approximate surface area is 83.0 Å². The largest absolute Gasteiger partial charge is 0.114 e. The average Bonchev–Trinajstić information content (AvgIpc) is 2.04. The summed E-state index contributed by atoms with van der Waals surface area (Å²) in [5, 5.41) is 2.64. The number of aryl methyl sites for hydroxylation is 1. The average molecular weight is 223 g/mol. The van der Waals surface area contributed by atoms with E-state index < -0.39 is 0 Å². The fourth-order valence-corrected chi connectivity index (χ4v) is 1.31. The van der Waals surface area contributed by atoms with Gasteiger partial charge in [0.2, 0.25) is 0 Å². The van der Waals surface area contributed by atoms with Gasteiger partial charge in [0.25, 0.3) is 0 Å². The molecule has 2 rings (SSSR count). The van der Waals surface area contributed by atoms with Gasteiger partial charge in [-0.1, -0.05) is 48.0 Å². The van der Waals surface area contributed by atoms with E-state index in [-0.39, 0.29) is 17.0 Å². The number of rotatable bonds is 0. The summed E-state index contributed by atoms with van der Waals surface area (Å²) in [6.07, 6.45) is 0. The zero-order chi connectivity index (χ0) is 7.68. The fourth-order valence-electron chi connectivity index (χ4n) is 1.31. The summed E-state index contributed by atoms with van der Waals surface area (Å²) in [7, 11) is 0. The third-order valence-corrected chi connectivity index (χ3v) is 1.90. The molecule has 0 aliphatic rings. The number of halogens is 1. The summed E-state index contributed by atoms with van der Waals surface area (Å²) < 4.78 is 0. The maximum atomic E-state index is 2.20. The minimum Gasteiger partial charge on any atom is -0.114 e. The van der Waals surface area contributed by atoms with Crippen molar-refractivity contribution in [1.82, 2.24) is 0 Å². The molecule has 0 aromatic heterocycles. The lowest BCUT2D eigenvalue weighted by molar-refractivity contribution is 1.51. The molecule has 0 N–H and O–H groups in total. The molecule has 0 radical (unpaired) electrons. The van der Waals surface area contributed by atoms with Crippen molar-refractivity contribution in [2.75, 3.05) is 0 Å². The van der Waals surface area contributed by atoms with Crippen LogP contribution in [0.3, 0.4) is 0 Å². The van der Waals surface area contributed by atoms with Crippen LogP contribution in [0.25, 0.3) is 10.8 Å². The number of benzene rings is 2. The number of fused-ring (bicyclic) bond motifs is 1. The van der Waals surface area contributed by atoms with Gasteiger partial charge in [-0.3, -0.25) is 0 Å². The van der Waals surface area contributed by atoms with E-state index in [2.05, 4.69) is 49.4 Å². The van der Waals surface area contributed by atoms with Crippen molar-refractivity contribution >= 4 is 27.8 Å². The van der Waals surface area contributed by atoms with Crippen molar-refractivity contribution in [1.29, 1.82) is 0 Å². The van der Waals surface area contributed by atoms with Crippen LogP contribution in [0.2, 0.25) is 0 Å². The molecule has 0 saturated heterocycles. The van der Waals surface area contributed by atoms with Gasteiger partial charge in [0, 0.05) is 0 Å². The molecule has 0 atom stereocenters. The topological polar surface area (TPSA) is 0 Å². The second kappa shape index (κ2) is 3.72.